The van der Waals surface area contributed by atoms with Gasteiger partial charge < -0.3 is 5.32 Å². The third kappa shape index (κ3) is 5.14. The van der Waals surface area contributed by atoms with E-state index in [1.165, 1.54) is 64.5 Å². The lowest BCUT2D eigenvalue weighted by atomic mass is 9.79. The molecule has 4 heteroatoms. The molecule has 0 unspecified atom stereocenters. The molecule has 2 aliphatic rings. The van der Waals surface area contributed by atoms with Crippen LogP contribution in [0, 0.1) is 0 Å². The second-order valence-corrected chi connectivity index (χ2v) is 7.13. The van der Waals surface area contributed by atoms with Crippen molar-refractivity contribution < 1.29 is 4.79 Å². The van der Waals surface area contributed by atoms with Crippen LogP contribution in [0.15, 0.2) is 0 Å². The molecule has 0 bridgehead atoms. The van der Waals surface area contributed by atoms with Crippen molar-refractivity contribution in [1.29, 1.82) is 0 Å². The van der Waals surface area contributed by atoms with Gasteiger partial charge in [0.15, 0.2) is 0 Å². The molecule has 1 N–H and O–H groups in total. The Balaban J connectivity index is 1.85. The summed E-state index contributed by atoms with van der Waals surface area (Å²) in [6, 6.07) is 0. The number of carbonyl (C=O) groups excluding carboxylic acids is 1. The maximum atomic E-state index is 12.0. The molecule has 2 rings (SSSR count). The molecule has 1 saturated heterocycles. The van der Waals surface area contributed by atoms with Gasteiger partial charge in [-0.05, 0) is 51.6 Å². The van der Waals surface area contributed by atoms with Crippen LogP contribution in [-0.4, -0.2) is 41.9 Å². The number of rotatable bonds is 7. The quantitative estimate of drug-likeness (QED) is 0.574. The van der Waals surface area contributed by atoms with Crippen molar-refractivity contribution in [3.63, 3.8) is 0 Å². The Morgan fingerprint density at radius 1 is 1.00 bits per heavy atom. The number of carbonyl (C=O) groups is 1. The highest BCUT2D eigenvalue weighted by molar-refractivity contribution is 6.17. The van der Waals surface area contributed by atoms with E-state index in [4.69, 9.17) is 11.6 Å². The van der Waals surface area contributed by atoms with E-state index in [1.807, 2.05) is 0 Å². The first-order valence-electron chi connectivity index (χ1n) is 8.85. The summed E-state index contributed by atoms with van der Waals surface area (Å²) in [4.78, 5) is 14.7. The maximum absolute atomic E-state index is 12.0. The summed E-state index contributed by atoms with van der Waals surface area (Å²) in [6.07, 6.45) is 13.0. The van der Waals surface area contributed by atoms with Gasteiger partial charge in [-0.2, -0.15) is 0 Å². The van der Waals surface area contributed by atoms with Crippen molar-refractivity contribution in [2.75, 3.05) is 25.5 Å². The van der Waals surface area contributed by atoms with E-state index >= 15 is 0 Å². The summed E-state index contributed by atoms with van der Waals surface area (Å²) in [7, 11) is 0. The fourth-order valence-electron chi connectivity index (χ4n) is 3.91. The molecular weight excluding hydrogens is 284 g/mol. The minimum absolute atomic E-state index is 0.210. The molecule has 2 fully saturated rings. The predicted octanol–water partition coefficient (Wildman–Crippen LogP) is 3.70. The highest BCUT2D eigenvalue weighted by Crippen LogP contribution is 2.35. The van der Waals surface area contributed by atoms with Crippen LogP contribution in [0.3, 0.4) is 0 Å². The number of unbranched alkanes of at least 4 members (excludes halogenated alkanes) is 1. The smallest absolute Gasteiger partial charge is 0.220 e. The van der Waals surface area contributed by atoms with Crippen LogP contribution in [0.1, 0.15) is 70.6 Å². The number of likely N-dealkylation sites (tertiary alicyclic amines) is 1. The Bertz CT molecular complexity index is 310. The Kier molecular flexibility index (Phi) is 7.31. The zero-order valence-electron chi connectivity index (χ0n) is 13.3. The van der Waals surface area contributed by atoms with E-state index in [1.54, 1.807) is 0 Å². The predicted molar refractivity (Wildman–Crippen MR) is 88.8 cm³/mol. The summed E-state index contributed by atoms with van der Waals surface area (Å²) >= 11 is 5.67. The number of halogens is 1. The monoisotopic (exact) mass is 314 g/mol. The number of hydrogen-bond donors (Lipinski definition) is 1. The summed E-state index contributed by atoms with van der Waals surface area (Å²) in [5.41, 5.74) is 0.251. The van der Waals surface area contributed by atoms with E-state index in [0.29, 0.717) is 12.3 Å². The minimum atomic E-state index is 0.210. The number of nitrogens with one attached hydrogen (secondary N) is 1. The zero-order valence-corrected chi connectivity index (χ0v) is 14.1. The Morgan fingerprint density at radius 3 is 2.33 bits per heavy atom. The van der Waals surface area contributed by atoms with E-state index in [2.05, 4.69) is 10.2 Å². The van der Waals surface area contributed by atoms with Crippen LogP contribution < -0.4 is 5.32 Å². The molecule has 1 saturated carbocycles. The molecule has 0 spiro atoms. The molecule has 21 heavy (non-hydrogen) atoms. The van der Waals surface area contributed by atoms with Crippen LogP contribution in [-0.2, 0) is 4.79 Å². The van der Waals surface area contributed by atoms with Gasteiger partial charge in [0, 0.05) is 24.4 Å². The van der Waals surface area contributed by atoms with Crippen molar-refractivity contribution in [2.24, 2.45) is 0 Å². The van der Waals surface area contributed by atoms with E-state index < -0.39 is 0 Å². The maximum Gasteiger partial charge on any atom is 0.220 e. The molecule has 0 aromatic rings. The van der Waals surface area contributed by atoms with Crippen LogP contribution in [0.4, 0.5) is 0 Å². The highest BCUT2D eigenvalue weighted by Gasteiger charge is 2.38. The summed E-state index contributed by atoms with van der Waals surface area (Å²) in [6.45, 7) is 3.30. The van der Waals surface area contributed by atoms with Gasteiger partial charge in [0.2, 0.25) is 5.91 Å². The van der Waals surface area contributed by atoms with Crippen LogP contribution in [0.5, 0.6) is 0 Å². The van der Waals surface area contributed by atoms with Gasteiger partial charge in [-0.15, -0.1) is 11.6 Å². The molecule has 0 aromatic carbocycles. The van der Waals surface area contributed by atoms with Crippen molar-refractivity contribution in [2.45, 2.75) is 76.2 Å². The van der Waals surface area contributed by atoms with Crippen molar-refractivity contribution in [1.82, 2.24) is 10.2 Å². The summed E-state index contributed by atoms with van der Waals surface area (Å²) in [5.74, 6) is 0.868. The third-order valence-electron chi connectivity index (χ3n) is 5.21. The summed E-state index contributed by atoms with van der Waals surface area (Å²) < 4.78 is 0. The largest absolute Gasteiger partial charge is 0.354 e. The lowest BCUT2D eigenvalue weighted by Crippen LogP contribution is -2.58. The van der Waals surface area contributed by atoms with Gasteiger partial charge in [0.05, 0.1) is 0 Å². The molecule has 0 radical (unpaired) electrons. The fraction of sp³-hybridized carbons (Fsp3) is 0.941. The number of amides is 1. The Labute approximate surface area is 134 Å². The lowest BCUT2D eigenvalue weighted by Gasteiger charge is -2.48. The number of alkyl halides is 1. The van der Waals surface area contributed by atoms with Gasteiger partial charge in [-0.1, -0.05) is 25.7 Å². The summed E-state index contributed by atoms with van der Waals surface area (Å²) in [5, 5.41) is 3.23. The van der Waals surface area contributed by atoms with Crippen LogP contribution in [0.2, 0.25) is 0 Å². The van der Waals surface area contributed by atoms with E-state index in [9.17, 15) is 4.79 Å². The third-order valence-corrected chi connectivity index (χ3v) is 5.48. The van der Waals surface area contributed by atoms with E-state index in [0.717, 1.165) is 19.4 Å². The first kappa shape index (κ1) is 17.1. The topological polar surface area (TPSA) is 32.3 Å². The fourth-order valence-corrected chi connectivity index (χ4v) is 4.10. The first-order valence-corrected chi connectivity index (χ1v) is 9.38. The van der Waals surface area contributed by atoms with Crippen molar-refractivity contribution in [3.05, 3.63) is 0 Å². The molecule has 1 aliphatic carbocycles. The molecule has 1 amide bonds. The number of hydrogen-bond acceptors (Lipinski definition) is 2. The molecular formula is C17H31ClN2O. The van der Waals surface area contributed by atoms with Gasteiger partial charge >= 0.3 is 0 Å². The molecule has 3 nitrogen and oxygen atoms in total. The number of piperidine rings is 1. The first-order chi connectivity index (χ1) is 10.3. The second kappa shape index (κ2) is 8.99. The average molecular weight is 315 g/mol. The van der Waals surface area contributed by atoms with Gasteiger partial charge in [0.25, 0.3) is 0 Å². The van der Waals surface area contributed by atoms with Crippen molar-refractivity contribution in [3.8, 4) is 0 Å². The Hall–Kier alpha value is -0.280. The van der Waals surface area contributed by atoms with Crippen LogP contribution in [0.25, 0.3) is 0 Å². The normalized spacial score (nSPS) is 22.9. The lowest BCUT2D eigenvalue weighted by molar-refractivity contribution is -0.122. The molecule has 1 heterocycles. The molecule has 1 aliphatic heterocycles. The van der Waals surface area contributed by atoms with E-state index in [-0.39, 0.29) is 11.4 Å². The average Bonchev–Trinajstić information content (AvgIpc) is 2.55. The molecule has 122 valence electrons. The molecule has 0 aromatic heterocycles. The number of nitrogens with zero attached hydrogens (tertiary/aromatic N) is 1. The van der Waals surface area contributed by atoms with Gasteiger partial charge in [-0.3, -0.25) is 9.69 Å². The van der Waals surface area contributed by atoms with Gasteiger partial charge in [-0.25, -0.2) is 0 Å². The van der Waals surface area contributed by atoms with Crippen molar-refractivity contribution >= 4 is 17.5 Å². The molecule has 0 atom stereocenters. The van der Waals surface area contributed by atoms with Crippen LogP contribution >= 0.6 is 11.6 Å². The Morgan fingerprint density at radius 2 is 1.67 bits per heavy atom. The van der Waals surface area contributed by atoms with Gasteiger partial charge in [0.1, 0.15) is 0 Å². The standard InChI is InChI=1S/C17H31ClN2O/c18-12-6-3-9-16(21)19-15-17(10-4-1-5-11-17)20-13-7-2-8-14-20/h1-15H2,(H,19,21). The SMILES string of the molecule is O=C(CCCCCl)NCC1(N2CCCCC2)CCCCC1. The minimum Gasteiger partial charge on any atom is -0.354 e. The zero-order chi connectivity index (χ0) is 15.0. The highest BCUT2D eigenvalue weighted by atomic mass is 35.5. The second-order valence-electron chi connectivity index (χ2n) is 6.76.